The van der Waals surface area contributed by atoms with Crippen molar-refractivity contribution in [1.29, 1.82) is 0 Å². The number of hydrogen-bond acceptors (Lipinski definition) is 2. The Labute approximate surface area is 137 Å². The van der Waals surface area contributed by atoms with E-state index in [1.54, 1.807) is 0 Å². The summed E-state index contributed by atoms with van der Waals surface area (Å²) in [5.41, 5.74) is 0. The fraction of sp³-hybridized carbons (Fsp3) is 0.200. The van der Waals surface area contributed by atoms with Gasteiger partial charge in [-0.3, -0.25) is 0 Å². The average molecular weight is 320 g/mol. The molecule has 0 heterocycles. The van der Waals surface area contributed by atoms with Crippen molar-refractivity contribution >= 4 is 46.8 Å². The van der Waals surface area contributed by atoms with Gasteiger partial charge in [-0.1, -0.05) is 54.6 Å². The van der Waals surface area contributed by atoms with Crippen molar-refractivity contribution in [2.45, 2.75) is 13.8 Å². The third kappa shape index (κ3) is 2.41. The molecule has 0 saturated heterocycles. The second-order valence-corrected chi connectivity index (χ2v) is 7.79. The van der Waals surface area contributed by atoms with Crippen LogP contribution in [0.25, 0.3) is 32.3 Å². The normalized spacial score (nSPS) is 12.1. The van der Waals surface area contributed by atoms with Crippen molar-refractivity contribution in [3.63, 3.8) is 0 Å². The Bertz CT molecular complexity index is 894. The first-order valence-corrected chi connectivity index (χ1v) is 9.74. The lowest BCUT2D eigenvalue weighted by molar-refractivity contribution is 0.225. The Morgan fingerprint density at radius 2 is 1.17 bits per heavy atom. The van der Waals surface area contributed by atoms with Gasteiger partial charge in [0.2, 0.25) is 0 Å². The summed E-state index contributed by atoms with van der Waals surface area (Å²) in [6.45, 7) is 5.46. The van der Waals surface area contributed by atoms with Crippen molar-refractivity contribution in [2.75, 3.05) is 13.2 Å². The van der Waals surface area contributed by atoms with Crippen molar-refractivity contribution in [3.8, 4) is 0 Å². The molecule has 23 heavy (non-hydrogen) atoms. The maximum atomic E-state index is 5.91. The highest BCUT2D eigenvalue weighted by Gasteiger charge is 2.18. The molecule has 0 unspecified atom stereocenters. The fourth-order valence-electron chi connectivity index (χ4n) is 3.46. The van der Waals surface area contributed by atoms with E-state index in [0.717, 1.165) is 0 Å². The van der Waals surface area contributed by atoms with Gasteiger partial charge in [0.25, 0.3) is 0 Å². The van der Waals surface area contributed by atoms with Crippen LogP contribution >= 0.6 is 0 Å². The molecule has 0 aromatic heterocycles. The van der Waals surface area contributed by atoms with Gasteiger partial charge in [-0.05, 0) is 51.4 Å². The van der Waals surface area contributed by atoms with Crippen LogP contribution in [0.5, 0.6) is 0 Å². The predicted octanol–water partition coefficient (Wildman–Crippen LogP) is 4.08. The first-order chi connectivity index (χ1) is 11.3. The summed E-state index contributed by atoms with van der Waals surface area (Å²) >= 11 is 0. The number of hydrogen-bond donors (Lipinski definition) is 0. The smallest absolute Gasteiger partial charge is 0.355 e. The molecule has 0 N–H and O–H groups in total. The second-order valence-electron chi connectivity index (χ2n) is 5.80. The van der Waals surface area contributed by atoms with E-state index in [0.29, 0.717) is 13.2 Å². The highest BCUT2D eigenvalue weighted by atomic mass is 28.3. The van der Waals surface area contributed by atoms with Crippen LogP contribution in [-0.2, 0) is 8.85 Å². The molecule has 2 nitrogen and oxygen atoms in total. The molecule has 4 aromatic rings. The highest BCUT2D eigenvalue weighted by Crippen LogP contribution is 2.33. The zero-order valence-electron chi connectivity index (χ0n) is 13.5. The topological polar surface area (TPSA) is 18.5 Å². The van der Waals surface area contributed by atoms with E-state index in [9.17, 15) is 0 Å². The Balaban J connectivity index is 1.99. The molecular weight excluding hydrogens is 300 g/mol. The minimum atomic E-state index is -1.82. The zero-order valence-corrected chi connectivity index (χ0v) is 14.7. The van der Waals surface area contributed by atoms with Crippen LogP contribution in [0.1, 0.15) is 13.8 Å². The Hall–Kier alpha value is -1.94. The first kappa shape index (κ1) is 14.6. The van der Waals surface area contributed by atoms with Crippen LogP contribution in [0, 0.1) is 0 Å². The molecule has 0 aliphatic carbocycles. The molecule has 0 radical (unpaired) electrons. The molecule has 0 spiro atoms. The number of benzene rings is 4. The van der Waals surface area contributed by atoms with E-state index >= 15 is 0 Å². The lowest BCUT2D eigenvalue weighted by atomic mass is 9.94. The Morgan fingerprint density at radius 3 is 1.70 bits per heavy atom. The SMILES string of the molecule is CCO[SiH](OCC)c1cc2ccc3cccc4ccc(c1)c2c34. The Morgan fingerprint density at radius 1 is 0.696 bits per heavy atom. The van der Waals surface area contributed by atoms with E-state index in [1.807, 2.05) is 13.8 Å². The van der Waals surface area contributed by atoms with E-state index < -0.39 is 9.28 Å². The van der Waals surface area contributed by atoms with E-state index in [-0.39, 0.29) is 0 Å². The van der Waals surface area contributed by atoms with Gasteiger partial charge in [0, 0.05) is 13.2 Å². The summed E-state index contributed by atoms with van der Waals surface area (Å²) in [6, 6.07) is 19.9. The Kier molecular flexibility index (Phi) is 3.77. The fourth-order valence-corrected chi connectivity index (χ4v) is 5.18. The summed E-state index contributed by atoms with van der Waals surface area (Å²) in [7, 11) is -1.82. The van der Waals surface area contributed by atoms with Crippen LogP contribution in [0.15, 0.2) is 54.6 Å². The summed E-state index contributed by atoms with van der Waals surface area (Å²) < 4.78 is 11.8. The third-order valence-corrected chi connectivity index (χ3v) is 6.54. The van der Waals surface area contributed by atoms with Crippen LogP contribution in [0.2, 0.25) is 0 Å². The van der Waals surface area contributed by atoms with Gasteiger partial charge >= 0.3 is 9.28 Å². The summed E-state index contributed by atoms with van der Waals surface area (Å²) in [5.74, 6) is 0. The van der Waals surface area contributed by atoms with Crippen molar-refractivity contribution in [3.05, 3.63) is 54.6 Å². The molecule has 4 aromatic carbocycles. The quantitative estimate of drug-likeness (QED) is 0.407. The maximum absolute atomic E-state index is 5.91. The van der Waals surface area contributed by atoms with Gasteiger partial charge in [-0.25, -0.2) is 0 Å². The van der Waals surface area contributed by atoms with Gasteiger partial charge in [-0.2, -0.15) is 0 Å². The maximum Gasteiger partial charge on any atom is 0.355 e. The lowest BCUT2D eigenvalue weighted by Gasteiger charge is -2.17. The van der Waals surface area contributed by atoms with E-state index in [2.05, 4.69) is 54.6 Å². The van der Waals surface area contributed by atoms with Gasteiger partial charge in [0.05, 0.1) is 0 Å². The van der Waals surface area contributed by atoms with Crippen molar-refractivity contribution in [2.24, 2.45) is 0 Å². The highest BCUT2D eigenvalue weighted by molar-refractivity contribution is 6.62. The molecule has 0 bridgehead atoms. The molecule has 3 heteroatoms. The molecule has 0 fully saturated rings. The van der Waals surface area contributed by atoms with Crippen LogP contribution < -0.4 is 5.19 Å². The van der Waals surface area contributed by atoms with Crippen LogP contribution in [-0.4, -0.2) is 22.5 Å². The van der Waals surface area contributed by atoms with E-state index in [1.165, 1.54) is 37.5 Å². The van der Waals surface area contributed by atoms with Gasteiger partial charge in [-0.15, -0.1) is 0 Å². The minimum absolute atomic E-state index is 0.696. The largest absolute Gasteiger partial charge is 0.394 e. The standard InChI is InChI=1S/C20H20O2Si/c1-3-21-23(22-4-2)18-12-16-10-8-14-6-5-7-15-9-11-17(13-18)20(16)19(14)15/h5-13,23H,3-4H2,1-2H3. The molecule has 0 aliphatic rings. The third-order valence-electron chi connectivity index (χ3n) is 4.39. The number of rotatable bonds is 5. The van der Waals surface area contributed by atoms with Crippen molar-refractivity contribution in [1.82, 2.24) is 0 Å². The lowest BCUT2D eigenvalue weighted by Crippen LogP contribution is -2.37. The molecule has 4 rings (SSSR count). The molecule has 0 atom stereocenters. The molecular formula is C20H20O2Si. The van der Waals surface area contributed by atoms with Gasteiger partial charge < -0.3 is 8.85 Å². The summed E-state index contributed by atoms with van der Waals surface area (Å²) in [5, 5.41) is 9.09. The molecule has 116 valence electrons. The zero-order chi connectivity index (χ0) is 15.8. The first-order valence-electron chi connectivity index (χ1n) is 8.22. The van der Waals surface area contributed by atoms with Crippen molar-refractivity contribution < 1.29 is 8.85 Å². The second kappa shape index (κ2) is 5.93. The monoisotopic (exact) mass is 320 g/mol. The van der Waals surface area contributed by atoms with Crippen LogP contribution in [0.4, 0.5) is 0 Å². The average Bonchev–Trinajstić information content (AvgIpc) is 2.59. The van der Waals surface area contributed by atoms with Gasteiger partial charge in [0.15, 0.2) is 0 Å². The molecule has 0 saturated carbocycles. The van der Waals surface area contributed by atoms with Crippen LogP contribution in [0.3, 0.4) is 0 Å². The van der Waals surface area contributed by atoms with E-state index in [4.69, 9.17) is 8.85 Å². The predicted molar refractivity (Wildman–Crippen MR) is 100 cm³/mol. The summed E-state index contributed by atoms with van der Waals surface area (Å²) in [4.78, 5) is 0. The van der Waals surface area contributed by atoms with Gasteiger partial charge in [0.1, 0.15) is 0 Å². The molecule has 0 amide bonds. The minimum Gasteiger partial charge on any atom is -0.394 e. The summed E-state index contributed by atoms with van der Waals surface area (Å²) in [6.07, 6.45) is 0. The molecule has 0 aliphatic heterocycles.